The van der Waals surface area contributed by atoms with Gasteiger partial charge in [0.15, 0.2) is 5.82 Å². The third kappa shape index (κ3) is 5.06. The summed E-state index contributed by atoms with van der Waals surface area (Å²) in [5.41, 5.74) is 7.34. The summed E-state index contributed by atoms with van der Waals surface area (Å²) in [6.45, 7) is 4.35. The van der Waals surface area contributed by atoms with E-state index in [4.69, 9.17) is 20.2 Å². The number of nitrogens with two attached hydrogens (primary N) is 1. The third-order valence-electron chi connectivity index (χ3n) is 10.3. The summed E-state index contributed by atoms with van der Waals surface area (Å²) in [5, 5.41) is 21.1. The first-order chi connectivity index (χ1) is 23.1. The molecule has 0 radical (unpaired) electrons. The molecule has 4 aliphatic rings. The van der Waals surface area contributed by atoms with Gasteiger partial charge in [-0.15, -0.1) is 11.3 Å². The fourth-order valence-corrected chi connectivity index (χ4v) is 9.21. The van der Waals surface area contributed by atoms with Crippen molar-refractivity contribution < 1.29 is 27.8 Å². The highest BCUT2D eigenvalue weighted by molar-refractivity contribution is 7.23. The van der Waals surface area contributed by atoms with Crippen LogP contribution in [0.5, 0.6) is 6.01 Å². The molecule has 3 saturated heterocycles. The van der Waals surface area contributed by atoms with Crippen LogP contribution in [0.4, 0.5) is 24.0 Å². The molecule has 10 nitrogen and oxygen atoms in total. The lowest BCUT2D eigenvalue weighted by molar-refractivity contribution is 0.111. The van der Waals surface area contributed by atoms with Gasteiger partial charge in [-0.25, -0.2) is 13.2 Å². The number of fused-ring (bicyclic) bond motifs is 6. The molecule has 48 heavy (non-hydrogen) atoms. The van der Waals surface area contributed by atoms with Gasteiger partial charge >= 0.3 is 6.01 Å². The van der Waals surface area contributed by atoms with Gasteiger partial charge in [0.1, 0.15) is 41.0 Å². The molecule has 14 heteroatoms. The summed E-state index contributed by atoms with van der Waals surface area (Å²) >= 11 is 1.15. The van der Waals surface area contributed by atoms with Gasteiger partial charge in [-0.2, -0.15) is 15.2 Å². The summed E-state index contributed by atoms with van der Waals surface area (Å²) in [6.07, 6.45) is 0.679. The van der Waals surface area contributed by atoms with Crippen molar-refractivity contribution in [1.82, 2.24) is 19.8 Å². The first-order valence-electron chi connectivity index (χ1n) is 16.3. The van der Waals surface area contributed by atoms with Crippen molar-refractivity contribution in [3.63, 3.8) is 0 Å². The van der Waals surface area contributed by atoms with Crippen molar-refractivity contribution in [2.24, 2.45) is 0 Å². The average molecular weight is 680 g/mol. The molecular formula is C34H36F3N7O3S. The maximum atomic E-state index is 17.4. The Balaban J connectivity index is 1.34. The van der Waals surface area contributed by atoms with Crippen LogP contribution in [0, 0.1) is 23.0 Å². The number of nitriles is 1. The van der Waals surface area contributed by atoms with Crippen LogP contribution in [0.25, 0.3) is 32.1 Å². The molecule has 4 aliphatic heterocycles. The lowest BCUT2D eigenvalue weighted by Crippen LogP contribution is -2.55. The van der Waals surface area contributed by atoms with Crippen LogP contribution < -0.4 is 15.4 Å². The topological polar surface area (TPSA) is 124 Å². The number of aliphatic hydroxyl groups is 1. The molecular weight excluding hydrogens is 643 g/mol. The molecule has 0 aliphatic carbocycles. The summed E-state index contributed by atoms with van der Waals surface area (Å²) in [7, 11) is 1.84. The number of likely N-dealkylation sites (N-methyl/N-ethyl adjacent to an activating group) is 1. The lowest BCUT2D eigenvalue weighted by atomic mass is 9.90. The van der Waals surface area contributed by atoms with Gasteiger partial charge in [0, 0.05) is 65.5 Å². The van der Waals surface area contributed by atoms with Gasteiger partial charge in [0.05, 0.1) is 30.3 Å². The van der Waals surface area contributed by atoms with E-state index in [2.05, 4.69) is 20.9 Å². The number of anilines is 2. The Morgan fingerprint density at radius 3 is 2.56 bits per heavy atom. The Hall–Kier alpha value is -3.74. The van der Waals surface area contributed by atoms with Gasteiger partial charge in [-0.05, 0) is 56.5 Å². The summed E-state index contributed by atoms with van der Waals surface area (Å²) in [4.78, 5) is 15.9. The molecule has 5 atom stereocenters. The number of benzene rings is 2. The Kier molecular flexibility index (Phi) is 7.88. The summed E-state index contributed by atoms with van der Waals surface area (Å²) < 4.78 is 60.1. The first-order valence-corrected chi connectivity index (χ1v) is 17.1. The highest BCUT2D eigenvalue weighted by atomic mass is 32.1. The largest absolute Gasteiger partial charge is 0.462 e. The lowest BCUT2D eigenvalue weighted by Gasteiger charge is -2.42. The molecule has 4 aromatic rings. The van der Waals surface area contributed by atoms with E-state index < -0.39 is 23.9 Å². The predicted octanol–water partition coefficient (Wildman–Crippen LogP) is 4.73. The monoisotopic (exact) mass is 679 g/mol. The van der Waals surface area contributed by atoms with Crippen molar-refractivity contribution in [3.05, 3.63) is 40.5 Å². The minimum Gasteiger partial charge on any atom is -0.462 e. The smallest absolute Gasteiger partial charge is 0.319 e. The predicted molar refractivity (Wildman–Crippen MR) is 177 cm³/mol. The van der Waals surface area contributed by atoms with Crippen molar-refractivity contribution in [3.8, 4) is 23.2 Å². The van der Waals surface area contributed by atoms with Crippen molar-refractivity contribution in [1.29, 1.82) is 5.26 Å². The normalized spacial score (nSPS) is 24.9. The van der Waals surface area contributed by atoms with E-state index in [1.165, 1.54) is 6.07 Å². The highest BCUT2D eigenvalue weighted by Gasteiger charge is 2.43. The van der Waals surface area contributed by atoms with Crippen LogP contribution in [-0.2, 0) is 18.0 Å². The third-order valence-corrected chi connectivity index (χ3v) is 11.3. The molecule has 6 heterocycles. The number of nitrogen functional groups attached to an aromatic ring is 1. The number of hydrogen-bond acceptors (Lipinski definition) is 11. The van der Waals surface area contributed by atoms with E-state index in [-0.39, 0.29) is 76.6 Å². The second-order valence-corrected chi connectivity index (χ2v) is 14.6. The van der Waals surface area contributed by atoms with E-state index in [0.717, 1.165) is 24.2 Å². The molecule has 3 unspecified atom stereocenters. The van der Waals surface area contributed by atoms with E-state index in [1.807, 2.05) is 11.9 Å². The number of hydrogen-bond donors (Lipinski definition) is 2. The quantitative estimate of drug-likeness (QED) is 0.284. The van der Waals surface area contributed by atoms with Gasteiger partial charge < -0.3 is 25.2 Å². The zero-order valence-corrected chi connectivity index (χ0v) is 27.5. The maximum Gasteiger partial charge on any atom is 0.319 e. The molecule has 0 spiro atoms. The second-order valence-electron chi connectivity index (χ2n) is 13.5. The van der Waals surface area contributed by atoms with Crippen molar-refractivity contribution in [2.45, 2.75) is 69.8 Å². The second kappa shape index (κ2) is 12.0. The van der Waals surface area contributed by atoms with Gasteiger partial charge in [0.2, 0.25) is 0 Å². The molecule has 2 bridgehead atoms. The van der Waals surface area contributed by atoms with E-state index in [1.54, 1.807) is 13.0 Å². The number of alkyl halides is 1. The summed E-state index contributed by atoms with van der Waals surface area (Å²) in [6, 6.07) is 4.77. The van der Waals surface area contributed by atoms with Gasteiger partial charge in [0.25, 0.3) is 0 Å². The Morgan fingerprint density at radius 2 is 1.88 bits per heavy atom. The van der Waals surface area contributed by atoms with E-state index in [9.17, 15) is 14.8 Å². The van der Waals surface area contributed by atoms with Crippen LogP contribution in [0.15, 0.2) is 12.1 Å². The first kappa shape index (κ1) is 31.5. The van der Waals surface area contributed by atoms with Crippen LogP contribution >= 0.6 is 11.3 Å². The van der Waals surface area contributed by atoms with E-state index >= 15 is 8.78 Å². The highest BCUT2D eigenvalue weighted by Crippen LogP contribution is 2.49. The SMILES string of the molecule is CC(O)CN1CC2CCC(C1)N2c1nc(OC[C@@H]2C[C@@H](F)CN2C)nc2c(F)c(-c3c(F)ccc4sc(N)c(C#N)c34)c3c(c12)COC3. The van der Waals surface area contributed by atoms with Crippen LogP contribution in [0.3, 0.4) is 0 Å². The number of ether oxygens (including phenoxy) is 2. The molecule has 8 rings (SSSR count). The number of rotatable bonds is 7. The van der Waals surface area contributed by atoms with Crippen LogP contribution in [-0.4, -0.2) is 95.1 Å². The number of piperazine rings is 1. The number of nitrogens with zero attached hydrogens (tertiary/aromatic N) is 6. The maximum absolute atomic E-state index is 17.4. The minimum absolute atomic E-state index is 0.0106. The number of thiophene rings is 1. The van der Waals surface area contributed by atoms with Crippen LogP contribution in [0.1, 0.15) is 42.9 Å². The van der Waals surface area contributed by atoms with Gasteiger partial charge in [-0.3, -0.25) is 9.80 Å². The molecule has 0 amide bonds. The molecule has 3 fully saturated rings. The number of aliphatic hydroxyl groups excluding tert-OH is 1. The van der Waals surface area contributed by atoms with Crippen LogP contribution in [0.2, 0.25) is 0 Å². The van der Waals surface area contributed by atoms with Gasteiger partial charge in [-0.1, -0.05) is 0 Å². The number of β-amino-alcohol motifs (C(OH)–C–C–N with tert-alkyl or cyclic N) is 1. The molecule has 3 N–H and O–H groups in total. The Bertz CT molecular complexity index is 1970. The summed E-state index contributed by atoms with van der Waals surface area (Å²) in [5.74, 6) is -0.914. The van der Waals surface area contributed by atoms with E-state index in [0.29, 0.717) is 59.6 Å². The average Bonchev–Trinajstić information content (AvgIpc) is 3.79. The number of likely N-dealkylation sites (tertiary alicyclic amines) is 2. The minimum atomic E-state index is -0.963. The molecule has 0 saturated carbocycles. The molecule has 2 aromatic heterocycles. The zero-order chi connectivity index (χ0) is 33.4. The molecule has 2 aromatic carbocycles. The Labute approximate surface area is 279 Å². The van der Waals surface area contributed by atoms with Crippen molar-refractivity contribution >= 4 is 43.1 Å². The fraction of sp³-hybridized carbons (Fsp3) is 0.500. The number of halogens is 3. The Morgan fingerprint density at radius 1 is 1.12 bits per heavy atom. The van der Waals surface area contributed by atoms with Crippen molar-refractivity contribution in [2.75, 3.05) is 50.5 Å². The fourth-order valence-electron chi connectivity index (χ4n) is 8.28. The standard InChI is InChI=1S/C34H36F3N7O3S/c1-16(45)9-43-11-18-3-4-19(12-43)44(18)33-28-23-15-46-14-22(23)27(29-24(36)5-6-25-26(29)21(8-38)32(39)48-25)30(37)31(28)40-34(41-33)47-13-20-7-17(35)10-42(20)2/h5-6,16-20,45H,3-4,7,9-15,39H2,1-2H3/t16?,17-,18?,19?,20+/m1/s1. The molecule has 252 valence electrons. The number of aromatic nitrogens is 2. The zero-order valence-electron chi connectivity index (χ0n) is 26.7.